The molecule has 0 atom stereocenters. The van der Waals surface area contributed by atoms with Gasteiger partial charge in [0.15, 0.2) is 0 Å². The summed E-state index contributed by atoms with van der Waals surface area (Å²) in [7, 11) is 0. The maximum atomic E-state index is 4.29. The second kappa shape index (κ2) is 4.03. The predicted molar refractivity (Wildman–Crippen MR) is 58.5 cm³/mol. The fraction of sp³-hybridized carbons (Fsp3) is 0.727. The highest BCUT2D eigenvalue weighted by Crippen LogP contribution is 2.39. The normalized spacial score (nSPS) is 16.2. The Balaban J connectivity index is 1.78. The Morgan fingerprint density at radius 3 is 3.00 bits per heavy atom. The van der Waals surface area contributed by atoms with Crippen molar-refractivity contribution in [3.8, 4) is 0 Å². The largest absolute Gasteiger partial charge is 0.370 e. The number of aromatic amines is 1. The molecule has 0 aromatic carbocycles. The Morgan fingerprint density at radius 2 is 2.36 bits per heavy atom. The van der Waals surface area contributed by atoms with E-state index in [1.54, 1.807) is 0 Å². The van der Waals surface area contributed by atoms with Crippen molar-refractivity contribution in [1.29, 1.82) is 0 Å². The van der Waals surface area contributed by atoms with Crippen LogP contribution in [0.2, 0.25) is 0 Å². The van der Waals surface area contributed by atoms with E-state index >= 15 is 0 Å². The molecule has 1 aromatic heterocycles. The third-order valence-electron chi connectivity index (χ3n) is 2.63. The third kappa shape index (κ3) is 2.50. The molecule has 14 heavy (non-hydrogen) atoms. The fourth-order valence-electron chi connectivity index (χ4n) is 1.51. The Bertz CT molecular complexity index is 286. The molecule has 1 aromatic rings. The quantitative estimate of drug-likeness (QED) is 0.755. The smallest absolute Gasteiger partial charge is 0.121 e. The topological polar surface area (TPSA) is 40.7 Å². The Kier molecular flexibility index (Phi) is 2.75. The summed E-state index contributed by atoms with van der Waals surface area (Å²) in [4.78, 5) is 0. The first kappa shape index (κ1) is 9.56. The van der Waals surface area contributed by atoms with Crippen molar-refractivity contribution in [2.45, 2.75) is 39.0 Å². The van der Waals surface area contributed by atoms with Crippen molar-refractivity contribution in [2.24, 2.45) is 5.92 Å². The second-order valence-corrected chi connectivity index (χ2v) is 4.59. The van der Waals surface area contributed by atoms with Gasteiger partial charge in [0, 0.05) is 18.5 Å². The first-order chi connectivity index (χ1) is 6.75. The molecular weight excluding hydrogens is 174 g/mol. The van der Waals surface area contributed by atoms with Crippen LogP contribution in [-0.4, -0.2) is 16.7 Å². The molecule has 0 radical (unpaired) electrons. The number of hydrogen-bond donors (Lipinski definition) is 2. The van der Waals surface area contributed by atoms with Gasteiger partial charge in [-0.25, -0.2) is 0 Å². The van der Waals surface area contributed by atoms with Crippen LogP contribution in [0.15, 0.2) is 6.07 Å². The number of H-pyrrole nitrogens is 1. The molecule has 1 fully saturated rings. The lowest BCUT2D eigenvalue weighted by atomic mass is 10.1. The van der Waals surface area contributed by atoms with Crippen LogP contribution < -0.4 is 5.32 Å². The molecule has 3 nitrogen and oxygen atoms in total. The van der Waals surface area contributed by atoms with Gasteiger partial charge in [-0.3, -0.25) is 5.10 Å². The predicted octanol–water partition coefficient (Wildman–Crippen LogP) is 2.75. The molecule has 0 amide bonds. The van der Waals surface area contributed by atoms with Crippen LogP contribution in [0.3, 0.4) is 0 Å². The first-order valence-electron chi connectivity index (χ1n) is 5.55. The van der Waals surface area contributed by atoms with E-state index in [-0.39, 0.29) is 0 Å². The highest BCUT2D eigenvalue weighted by molar-refractivity contribution is 5.37. The van der Waals surface area contributed by atoms with Gasteiger partial charge < -0.3 is 5.32 Å². The van der Waals surface area contributed by atoms with Gasteiger partial charge in [0.2, 0.25) is 0 Å². The summed E-state index contributed by atoms with van der Waals surface area (Å²) < 4.78 is 0. The molecule has 0 unspecified atom stereocenters. The van der Waals surface area contributed by atoms with E-state index in [1.807, 2.05) is 0 Å². The minimum Gasteiger partial charge on any atom is -0.370 e. The van der Waals surface area contributed by atoms with Crippen LogP contribution in [0.5, 0.6) is 0 Å². The van der Waals surface area contributed by atoms with Gasteiger partial charge in [-0.2, -0.15) is 5.10 Å². The van der Waals surface area contributed by atoms with Crippen LogP contribution in [0.25, 0.3) is 0 Å². The minimum atomic E-state index is 0.742. The zero-order valence-electron chi connectivity index (χ0n) is 9.01. The number of nitrogens with zero attached hydrogens (tertiary/aromatic N) is 1. The summed E-state index contributed by atoms with van der Waals surface area (Å²) in [5.41, 5.74) is 1.23. The number of rotatable bonds is 5. The highest BCUT2D eigenvalue weighted by Gasteiger charge is 2.25. The van der Waals surface area contributed by atoms with Crippen LogP contribution in [-0.2, 0) is 0 Å². The Labute approximate surface area is 85.3 Å². The summed E-state index contributed by atoms with van der Waals surface area (Å²) in [6, 6.07) is 2.15. The van der Waals surface area contributed by atoms with Crippen LogP contribution >= 0.6 is 0 Å². The highest BCUT2D eigenvalue weighted by atomic mass is 15.2. The SMILES string of the molecule is CC(C)CCNc1cc(C2CC2)n[nH]1. The van der Waals surface area contributed by atoms with E-state index in [1.165, 1.54) is 25.0 Å². The van der Waals surface area contributed by atoms with E-state index in [0.717, 1.165) is 24.2 Å². The van der Waals surface area contributed by atoms with Crippen LogP contribution in [0.4, 0.5) is 5.82 Å². The second-order valence-electron chi connectivity index (χ2n) is 4.59. The van der Waals surface area contributed by atoms with E-state index < -0.39 is 0 Å². The summed E-state index contributed by atoms with van der Waals surface area (Å²) in [5, 5.41) is 10.7. The van der Waals surface area contributed by atoms with Crippen molar-refractivity contribution >= 4 is 5.82 Å². The third-order valence-corrected chi connectivity index (χ3v) is 2.63. The lowest BCUT2D eigenvalue weighted by Gasteiger charge is -2.05. The summed E-state index contributed by atoms with van der Waals surface area (Å²) in [6.07, 6.45) is 3.84. The molecule has 0 spiro atoms. The molecule has 1 saturated carbocycles. The molecule has 78 valence electrons. The van der Waals surface area contributed by atoms with Crippen molar-refractivity contribution in [3.05, 3.63) is 11.8 Å². The van der Waals surface area contributed by atoms with E-state index in [4.69, 9.17) is 0 Å². The summed E-state index contributed by atoms with van der Waals surface area (Å²) >= 11 is 0. The van der Waals surface area contributed by atoms with Gasteiger partial charge in [0.05, 0.1) is 5.69 Å². The number of hydrogen-bond acceptors (Lipinski definition) is 2. The molecule has 3 heteroatoms. The lowest BCUT2D eigenvalue weighted by Crippen LogP contribution is -2.04. The van der Waals surface area contributed by atoms with E-state index in [0.29, 0.717) is 0 Å². The molecule has 2 rings (SSSR count). The van der Waals surface area contributed by atoms with Gasteiger partial charge in [-0.1, -0.05) is 13.8 Å². The number of aromatic nitrogens is 2. The van der Waals surface area contributed by atoms with Gasteiger partial charge in [-0.05, 0) is 25.2 Å². The van der Waals surface area contributed by atoms with Crippen molar-refractivity contribution < 1.29 is 0 Å². The minimum absolute atomic E-state index is 0.742. The Morgan fingerprint density at radius 1 is 1.57 bits per heavy atom. The fourth-order valence-corrected chi connectivity index (χ4v) is 1.51. The molecular formula is C11H19N3. The first-order valence-corrected chi connectivity index (χ1v) is 5.55. The van der Waals surface area contributed by atoms with Crippen LogP contribution in [0.1, 0.15) is 44.7 Å². The lowest BCUT2D eigenvalue weighted by molar-refractivity contribution is 0.606. The average molecular weight is 193 g/mol. The maximum absolute atomic E-state index is 4.29. The molecule has 2 N–H and O–H groups in total. The van der Waals surface area contributed by atoms with Crippen molar-refractivity contribution in [2.75, 3.05) is 11.9 Å². The zero-order chi connectivity index (χ0) is 9.97. The monoisotopic (exact) mass is 193 g/mol. The molecule has 0 aliphatic heterocycles. The molecule has 1 heterocycles. The zero-order valence-corrected chi connectivity index (χ0v) is 9.01. The maximum Gasteiger partial charge on any atom is 0.121 e. The number of nitrogens with one attached hydrogen (secondary N) is 2. The van der Waals surface area contributed by atoms with Gasteiger partial charge in [0.1, 0.15) is 5.82 Å². The molecule has 0 bridgehead atoms. The standard InChI is InChI=1S/C11H19N3/c1-8(2)5-6-12-11-7-10(13-14-11)9-3-4-9/h7-9H,3-6H2,1-2H3,(H2,12,13,14). The van der Waals surface area contributed by atoms with Crippen LogP contribution in [0, 0.1) is 5.92 Å². The molecule has 1 aliphatic rings. The molecule has 1 aliphatic carbocycles. The molecule has 0 saturated heterocycles. The van der Waals surface area contributed by atoms with E-state index in [9.17, 15) is 0 Å². The van der Waals surface area contributed by atoms with Crippen molar-refractivity contribution in [1.82, 2.24) is 10.2 Å². The van der Waals surface area contributed by atoms with Gasteiger partial charge in [-0.15, -0.1) is 0 Å². The van der Waals surface area contributed by atoms with Crippen molar-refractivity contribution in [3.63, 3.8) is 0 Å². The Hall–Kier alpha value is -0.990. The number of anilines is 1. The summed E-state index contributed by atoms with van der Waals surface area (Å²) in [6.45, 7) is 5.51. The summed E-state index contributed by atoms with van der Waals surface area (Å²) in [5.74, 6) is 2.58. The van der Waals surface area contributed by atoms with Gasteiger partial charge >= 0.3 is 0 Å². The average Bonchev–Trinajstić information content (AvgIpc) is 2.87. The van der Waals surface area contributed by atoms with E-state index in [2.05, 4.69) is 35.4 Å². The van der Waals surface area contributed by atoms with Gasteiger partial charge in [0.25, 0.3) is 0 Å².